The van der Waals surface area contributed by atoms with Crippen LogP contribution in [0.5, 0.6) is 0 Å². The number of fused-ring (bicyclic) bond motifs is 1. The molecule has 0 spiro atoms. The van der Waals surface area contributed by atoms with Crippen LogP contribution in [0.15, 0.2) is 4.99 Å². The molecular formula is C12H23N3O2S+2. The maximum absolute atomic E-state index is 6.06. The minimum atomic E-state index is -0.0488. The summed E-state index contributed by atoms with van der Waals surface area (Å²) in [7, 11) is 0. The van der Waals surface area contributed by atoms with Crippen molar-refractivity contribution in [1.29, 1.82) is 0 Å². The molecule has 3 heterocycles. The molecule has 3 saturated heterocycles. The van der Waals surface area contributed by atoms with Crippen molar-refractivity contribution in [2.45, 2.75) is 24.2 Å². The van der Waals surface area contributed by atoms with Gasteiger partial charge in [0, 0.05) is 6.42 Å². The van der Waals surface area contributed by atoms with Gasteiger partial charge in [0.2, 0.25) is 0 Å². The Labute approximate surface area is 112 Å². The molecule has 0 aliphatic carbocycles. The van der Waals surface area contributed by atoms with Crippen LogP contribution in [0.2, 0.25) is 0 Å². The molecule has 2 atom stereocenters. The minimum Gasteiger partial charge on any atom is -0.465 e. The standard InChI is InChI=1S/C12H21N3O2S/c1-12-2-7-16-8-10(12)18-11(17-12)14-9-15-5-3-13-4-6-15/h10,13H,2-9H2,1H3/p+2/t10-,12+/m0/s1. The summed E-state index contributed by atoms with van der Waals surface area (Å²) in [6.07, 6.45) is 0.981. The van der Waals surface area contributed by atoms with E-state index in [0.717, 1.165) is 31.5 Å². The Kier molecular flexibility index (Phi) is 3.79. The number of rotatable bonds is 2. The van der Waals surface area contributed by atoms with Gasteiger partial charge in [0.1, 0.15) is 31.8 Å². The van der Waals surface area contributed by atoms with Crippen LogP contribution in [0.1, 0.15) is 13.3 Å². The van der Waals surface area contributed by atoms with Crippen molar-refractivity contribution >= 4 is 17.0 Å². The number of nitrogens with two attached hydrogens (primary N) is 1. The van der Waals surface area contributed by atoms with Crippen LogP contribution in [0.25, 0.3) is 0 Å². The zero-order valence-electron chi connectivity index (χ0n) is 11.0. The van der Waals surface area contributed by atoms with E-state index in [1.54, 1.807) is 16.7 Å². The lowest BCUT2D eigenvalue weighted by Crippen LogP contribution is -3.20. The summed E-state index contributed by atoms with van der Waals surface area (Å²) in [5, 5.41) is 3.69. The molecule has 0 amide bonds. The van der Waals surface area contributed by atoms with Crippen LogP contribution in [0, 0.1) is 0 Å². The number of hydrogen-bond donors (Lipinski definition) is 2. The maximum atomic E-state index is 6.06. The molecule has 0 saturated carbocycles. The third-order valence-corrected chi connectivity index (χ3v) is 5.43. The van der Waals surface area contributed by atoms with Crippen LogP contribution in [0.4, 0.5) is 0 Å². The van der Waals surface area contributed by atoms with Gasteiger partial charge in [0.15, 0.2) is 6.67 Å². The van der Waals surface area contributed by atoms with Gasteiger partial charge in [-0.3, -0.25) is 0 Å². The minimum absolute atomic E-state index is 0.0488. The number of hydrogen-bond acceptors (Lipinski definition) is 4. The molecule has 3 aliphatic rings. The number of aliphatic imine (C=N–C) groups is 1. The summed E-state index contributed by atoms with van der Waals surface area (Å²) in [4.78, 5) is 6.24. The molecule has 6 heteroatoms. The first-order valence-electron chi connectivity index (χ1n) is 6.89. The molecule has 0 radical (unpaired) electrons. The van der Waals surface area contributed by atoms with Crippen molar-refractivity contribution in [2.75, 3.05) is 46.1 Å². The molecule has 3 N–H and O–H groups in total. The maximum Gasteiger partial charge on any atom is 0.251 e. The molecule has 0 bridgehead atoms. The van der Waals surface area contributed by atoms with E-state index < -0.39 is 0 Å². The van der Waals surface area contributed by atoms with Crippen molar-refractivity contribution in [3.63, 3.8) is 0 Å². The van der Waals surface area contributed by atoms with Crippen molar-refractivity contribution in [1.82, 2.24) is 0 Å². The zero-order chi connectivity index (χ0) is 12.4. The van der Waals surface area contributed by atoms with Crippen LogP contribution in [-0.4, -0.2) is 62.1 Å². The van der Waals surface area contributed by atoms with Crippen molar-refractivity contribution in [3.05, 3.63) is 0 Å². The quantitative estimate of drug-likeness (QED) is 0.616. The number of piperazine rings is 1. The average molecular weight is 273 g/mol. The molecule has 0 aromatic carbocycles. The van der Waals surface area contributed by atoms with Crippen LogP contribution >= 0.6 is 11.8 Å². The van der Waals surface area contributed by atoms with Gasteiger partial charge in [0.25, 0.3) is 5.23 Å². The molecule has 5 nitrogen and oxygen atoms in total. The third-order valence-electron chi connectivity index (χ3n) is 4.09. The molecule has 18 heavy (non-hydrogen) atoms. The first-order valence-corrected chi connectivity index (χ1v) is 7.77. The predicted molar refractivity (Wildman–Crippen MR) is 71.0 cm³/mol. The van der Waals surface area contributed by atoms with E-state index in [1.807, 2.05) is 0 Å². The van der Waals surface area contributed by atoms with Gasteiger partial charge >= 0.3 is 0 Å². The number of nitrogens with zero attached hydrogens (tertiary/aromatic N) is 1. The third kappa shape index (κ3) is 2.66. The molecule has 0 unspecified atom stereocenters. The molecular weight excluding hydrogens is 250 g/mol. The van der Waals surface area contributed by atoms with Crippen molar-refractivity contribution < 1.29 is 19.7 Å². The van der Waals surface area contributed by atoms with Gasteiger partial charge in [-0.2, -0.15) is 4.99 Å². The van der Waals surface area contributed by atoms with Gasteiger partial charge in [-0.25, -0.2) is 0 Å². The van der Waals surface area contributed by atoms with Gasteiger partial charge < -0.3 is 19.7 Å². The Morgan fingerprint density at radius 3 is 3.11 bits per heavy atom. The molecule has 0 aromatic rings. The van der Waals surface area contributed by atoms with E-state index in [9.17, 15) is 0 Å². The van der Waals surface area contributed by atoms with Gasteiger partial charge in [-0.1, -0.05) is 11.8 Å². The molecule has 3 aliphatic heterocycles. The normalized spacial score (nSPS) is 39.6. The van der Waals surface area contributed by atoms with E-state index in [0.29, 0.717) is 5.25 Å². The molecule has 102 valence electrons. The van der Waals surface area contributed by atoms with E-state index >= 15 is 0 Å². The van der Waals surface area contributed by atoms with E-state index in [2.05, 4.69) is 17.2 Å². The summed E-state index contributed by atoms with van der Waals surface area (Å²) >= 11 is 1.76. The molecule has 3 fully saturated rings. The van der Waals surface area contributed by atoms with Crippen LogP contribution in [-0.2, 0) is 9.47 Å². The summed E-state index contributed by atoms with van der Waals surface area (Å²) in [6.45, 7) is 9.54. The lowest BCUT2D eigenvalue weighted by molar-refractivity contribution is -0.946. The molecule has 0 aromatic heterocycles. The van der Waals surface area contributed by atoms with Gasteiger partial charge in [-0.15, -0.1) is 0 Å². The number of quaternary nitrogens is 2. The van der Waals surface area contributed by atoms with E-state index in [4.69, 9.17) is 9.47 Å². The summed E-state index contributed by atoms with van der Waals surface area (Å²) in [5.41, 5.74) is -0.0488. The summed E-state index contributed by atoms with van der Waals surface area (Å²) in [6, 6.07) is 0. The number of nitrogens with one attached hydrogen (secondary N) is 1. The Balaban J connectivity index is 1.57. The second-order valence-electron chi connectivity index (χ2n) is 5.54. The lowest BCUT2D eigenvalue weighted by Gasteiger charge is -2.32. The summed E-state index contributed by atoms with van der Waals surface area (Å²) < 4.78 is 11.6. The van der Waals surface area contributed by atoms with Gasteiger partial charge in [-0.05, 0) is 6.92 Å². The van der Waals surface area contributed by atoms with Crippen LogP contribution < -0.4 is 10.2 Å². The fourth-order valence-corrected chi connectivity index (χ4v) is 3.91. The SMILES string of the molecule is C[C@@]12CCOC[C@@H]1SC(=NC[NH+]1CC[NH2+]CC1)O2. The topological polar surface area (TPSA) is 51.9 Å². The van der Waals surface area contributed by atoms with Crippen molar-refractivity contribution in [2.24, 2.45) is 4.99 Å². The Morgan fingerprint density at radius 2 is 2.33 bits per heavy atom. The predicted octanol–water partition coefficient (Wildman–Crippen LogP) is -1.93. The highest BCUT2D eigenvalue weighted by atomic mass is 32.2. The van der Waals surface area contributed by atoms with Crippen LogP contribution in [0.3, 0.4) is 0 Å². The lowest BCUT2D eigenvalue weighted by atomic mass is 9.96. The zero-order valence-corrected chi connectivity index (χ0v) is 11.8. The second-order valence-corrected chi connectivity index (χ2v) is 6.70. The Morgan fingerprint density at radius 1 is 1.50 bits per heavy atom. The summed E-state index contributed by atoms with van der Waals surface area (Å²) in [5.74, 6) is 0. The monoisotopic (exact) mass is 273 g/mol. The largest absolute Gasteiger partial charge is 0.465 e. The number of thioether (sulfide) groups is 1. The Hall–Kier alpha value is -0.300. The highest BCUT2D eigenvalue weighted by Crippen LogP contribution is 2.41. The molecule has 3 rings (SSSR count). The smallest absolute Gasteiger partial charge is 0.251 e. The number of ether oxygens (including phenoxy) is 2. The highest BCUT2D eigenvalue weighted by Gasteiger charge is 2.47. The van der Waals surface area contributed by atoms with Gasteiger partial charge in [0.05, 0.1) is 18.5 Å². The average Bonchev–Trinajstić information content (AvgIpc) is 2.74. The highest BCUT2D eigenvalue weighted by molar-refractivity contribution is 8.14. The van der Waals surface area contributed by atoms with Crippen molar-refractivity contribution in [3.8, 4) is 0 Å². The van der Waals surface area contributed by atoms with E-state index in [1.165, 1.54) is 26.2 Å². The first kappa shape index (κ1) is 12.7. The van der Waals surface area contributed by atoms with E-state index in [-0.39, 0.29) is 5.60 Å². The Bertz CT molecular complexity index is 333. The first-order chi connectivity index (χ1) is 8.76. The fourth-order valence-electron chi connectivity index (χ4n) is 2.71. The fraction of sp³-hybridized carbons (Fsp3) is 0.917. The second kappa shape index (κ2) is 5.36.